The number of carbonyl (C=O) groups is 1. The normalized spacial score (nSPS) is 10.4. The molecule has 0 bridgehead atoms. The molecule has 2 aromatic rings. The molecule has 0 spiro atoms. The molecule has 0 aliphatic heterocycles. The SMILES string of the molecule is O=C(CSc1ccc(Br)cc1)NCCCc1ncc[nH]1. The zero-order valence-electron chi connectivity index (χ0n) is 10.9. The van der Waals surface area contributed by atoms with Gasteiger partial charge in [-0.1, -0.05) is 15.9 Å². The van der Waals surface area contributed by atoms with E-state index >= 15 is 0 Å². The van der Waals surface area contributed by atoms with Crippen molar-refractivity contribution in [2.24, 2.45) is 0 Å². The first-order valence-corrected chi connectivity index (χ1v) is 8.15. The number of thioether (sulfide) groups is 1. The predicted octanol–water partition coefficient (Wildman–Crippen LogP) is 3.01. The van der Waals surface area contributed by atoms with Crippen LogP contribution in [0.2, 0.25) is 0 Å². The van der Waals surface area contributed by atoms with Crippen molar-refractivity contribution in [1.82, 2.24) is 15.3 Å². The van der Waals surface area contributed by atoms with E-state index in [1.807, 2.05) is 30.5 Å². The van der Waals surface area contributed by atoms with Gasteiger partial charge in [0.15, 0.2) is 0 Å². The fourth-order valence-electron chi connectivity index (χ4n) is 1.65. The molecule has 6 heteroatoms. The van der Waals surface area contributed by atoms with Crippen LogP contribution in [0.25, 0.3) is 0 Å². The third-order valence-electron chi connectivity index (χ3n) is 2.65. The van der Waals surface area contributed by atoms with Crippen LogP contribution in [0.1, 0.15) is 12.2 Å². The Hall–Kier alpha value is -1.27. The average molecular weight is 354 g/mol. The highest BCUT2D eigenvalue weighted by Gasteiger charge is 2.02. The van der Waals surface area contributed by atoms with Crippen molar-refractivity contribution in [3.8, 4) is 0 Å². The van der Waals surface area contributed by atoms with E-state index in [0.29, 0.717) is 12.3 Å². The zero-order valence-corrected chi connectivity index (χ0v) is 13.3. The summed E-state index contributed by atoms with van der Waals surface area (Å²) in [6.07, 6.45) is 5.29. The van der Waals surface area contributed by atoms with Crippen molar-refractivity contribution in [2.75, 3.05) is 12.3 Å². The van der Waals surface area contributed by atoms with Gasteiger partial charge in [0, 0.05) is 34.7 Å². The Morgan fingerprint density at radius 2 is 2.15 bits per heavy atom. The van der Waals surface area contributed by atoms with Gasteiger partial charge in [-0.3, -0.25) is 4.79 Å². The molecular formula is C14H16BrN3OS. The van der Waals surface area contributed by atoms with Crippen LogP contribution in [0.15, 0.2) is 46.0 Å². The molecule has 0 unspecified atom stereocenters. The van der Waals surface area contributed by atoms with Gasteiger partial charge in [0.25, 0.3) is 0 Å². The van der Waals surface area contributed by atoms with Crippen molar-refractivity contribution in [2.45, 2.75) is 17.7 Å². The summed E-state index contributed by atoms with van der Waals surface area (Å²) in [5.74, 6) is 1.48. The van der Waals surface area contributed by atoms with Gasteiger partial charge in [0.1, 0.15) is 5.82 Å². The van der Waals surface area contributed by atoms with Crippen LogP contribution in [-0.2, 0) is 11.2 Å². The summed E-state index contributed by atoms with van der Waals surface area (Å²) >= 11 is 4.93. The molecule has 1 aromatic heterocycles. The third kappa shape index (κ3) is 5.38. The van der Waals surface area contributed by atoms with Crippen molar-refractivity contribution in [3.05, 3.63) is 47.0 Å². The van der Waals surface area contributed by atoms with Gasteiger partial charge in [-0.05, 0) is 30.7 Å². The Kier molecular flexibility index (Phi) is 6.14. The molecule has 0 atom stereocenters. The molecule has 2 rings (SSSR count). The van der Waals surface area contributed by atoms with Crippen LogP contribution in [0.5, 0.6) is 0 Å². The molecular weight excluding hydrogens is 338 g/mol. The van der Waals surface area contributed by atoms with Crippen molar-refractivity contribution < 1.29 is 4.79 Å². The lowest BCUT2D eigenvalue weighted by Gasteiger charge is -2.04. The quantitative estimate of drug-likeness (QED) is 0.594. The first-order valence-electron chi connectivity index (χ1n) is 6.37. The summed E-state index contributed by atoms with van der Waals surface area (Å²) < 4.78 is 1.05. The number of aromatic nitrogens is 2. The zero-order chi connectivity index (χ0) is 14.2. The second-order valence-electron chi connectivity index (χ2n) is 4.23. The number of rotatable bonds is 7. The third-order valence-corrected chi connectivity index (χ3v) is 4.19. The van der Waals surface area contributed by atoms with E-state index in [0.717, 1.165) is 28.0 Å². The van der Waals surface area contributed by atoms with Gasteiger partial charge in [0.2, 0.25) is 5.91 Å². The van der Waals surface area contributed by atoms with Crippen LogP contribution in [0, 0.1) is 0 Å². The fraction of sp³-hybridized carbons (Fsp3) is 0.286. The standard InChI is InChI=1S/C14H16BrN3OS/c15-11-3-5-12(6-4-11)20-10-14(19)18-7-1-2-13-16-8-9-17-13/h3-6,8-9H,1-2,7,10H2,(H,16,17)(H,18,19). The van der Waals surface area contributed by atoms with Gasteiger partial charge >= 0.3 is 0 Å². The van der Waals surface area contributed by atoms with E-state index in [9.17, 15) is 4.79 Å². The number of carbonyl (C=O) groups excluding carboxylic acids is 1. The number of aryl methyl sites for hydroxylation is 1. The molecule has 0 aliphatic carbocycles. The summed E-state index contributed by atoms with van der Waals surface area (Å²) in [5.41, 5.74) is 0. The maximum Gasteiger partial charge on any atom is 0.230 e. The van der Waals surface area contributed by atoms with Crippen molar-refractivity contribution in [1.29, 1.82) is 0 Å². The smallest absolute Gasteiger partial charge is 0.230 e. The van der Waals surface area contributed by atoms with E-state index in [4.69, 9.17) is 0 Å². The summed E-state index contributed by atoms with van der Waals surface area (Å²) in [6.45, 7) is 0.681. The van der Waals surface area contributed by atoms with Crippen LogP contribution >= 0.6 is 27.7 Å². The van der Waals surface area contributed by atoms with Gasteiger partial charge in [-0.15, -0.1) is 11.8 Å². The largest absolute Gasteiger partial charge is 0.355 e. The van der Waals surface area contributed by atoms with E-state index in [1.54, 1.807) is 18.0 Å². The molecule has 2 N–H and O–H groups in total. The first-order chi connectivity index (χ1) is 9.74. The highest BCUT2D eigenvalue weighted by atomic mass is 79.9. The molecule has 0 fully saturated rings. The van der Waals surface area contributed by atoms with Gasteiger partial charge in [-0.25, -0.2) is 4.98 Å². The highest BCUT2D eigenvalue weighted by Crippen LogP contribution is 2.20. The lowest BCUT2D eigenvalue weighted by molar-refractivity contribution is -0.118. The Morgan fingerprint density at radius 1 is 1.35 bits per heavy atom. The molecule has 1 heterocycles. The highest BCUT2D eigenvalue weighted by molar-refractivity contribution is 9.10. The average Bonchev–Trinajstić information content (AvgIpc) is 2.96. The fourth-order valence-corrected chi connectivity index (χ4v) is 2.64. The summed E-state index contributed by atoms with van der Waals surface area (Å²) in [5, 5.41) is 2.92. The maximum absolute atomic E-state index is 11.7. The van der Waals surface area contributed by atoms with Gasteiger partial charge in [0.05, 0.1) is 5.75 Å². The number of halogens is 1. The number of amides is 1. The molecule has 0 radical (unpaired) electrons. The molecule has 4 nitrogen and oxygen atoms in total. The topological polar surface area (TPSA) is 57.8 Å². The van der Waals surface area contributed by atoms with E-state index in [-0.39, 0.29) is 5.91 Å². The molecule has 1 amide bonds. The second-order valence-corrected chi connectivity index (χ2v) is 6.20. The molecule has 0 saturated carbocycles. The monoisotopic (exact) mass is 353 g/mol. The minimum atomic E-state index is 0.0670. The van der Waals surface area contributed by atoms with E-state index in [1.165, 1.54) is 0 Å². The lowest BCUT2D eigenvalue weighted by atomic mass is 10.3. The number of imidazole rings is 1. The maximum atomic E-state index is 11.7. The van der Waals surface area contributed by atoms with Crippen molar-refractivity contribution >= 4 is 33.6 Å². The molecule has 20 heavy (non-hydrogen) atoms. The first kappa shape index (κ1) is 15.1. The molecule has 106 valence electrons. The second kappa shape index (κ2) is 8.11. The van der Waals surface area contributed by atoms with E-state index < -0.39 is 0 Å². The Labute approximate surface area is 130 Å². The Morgan fingerprint density at radius 3 is 2.85 bits per heavy atom. The summed E-state index contributed by atoms with van der Waals surface area (Å²) in [6, 6.07) is 7.95. The Bertz CT molecular complexity index is 528. The lowest BCUT2D eigenvalue weighted by Crippen LogP contribution is -2.26. The van der Waals surface area contributed by atoms with Gasteiger partial charge in [-0.2, -0.15) is 0 Å². The predicted molar refractivity (Wildman–Crippen MR) is 84.8 cm³/mol. The van der Waals surface area contributed by atoms with Crippen LogP contribution in [0.4, 0.5) is 0 Å². The number of hydrogen-bond acceptors (Lipinski definition) is 3. The van der Waals surface area contributed by atoms with Gasteiger partial charge < -0.3 is 10.3 Å². The number of benzene rings is 1. The Balaban J connectivity index is 1.59. The molecule has 0 aliphatic rings. The minimum absolute atomic E-state index is 0.0670. The number of H-pyrrole nitrogens is 1. The number of hydrogen-bond donors (Lipinski definition) is 2. The van der Waals surface area contributed by atoms with Crippen LogP contribution in [0.3, 0.4) is 0 Å². The van der Waals surface area contributed by atoms with Crippen LogP contribution in [-0.4, -0.2) is 28.2 Å². The molecule has 0 saturated heterocycles. The van der Waals surface area contributed by atoms with Crippen LogP contribution < -0.4 is 5.32 Å². The minimum Gasteiger partial charge on any atom is -0.355 e. The summed E-state index contributed by atoms with van der Waals surface area (Å²) in [7, 11) is 0. The number of nitrogens with one attached hydrogen (secondary N) is 2. The van der Waals surface area contributed by atoms with E-state index in [2.05, 4.69) is 31.2 Å². The number of nitrogens with zero attached hydrogens (tertiary/aromatic N) is 1. The summed E-state index contributed by atoms with van der Waals surface area (Å²) in [4.78, 5) is 20.0. The number of aromatic amines is 1. The van der Waals surface area contributed by atoms with Crippen molar-refractivity contribution in [3.63, 3.8) is 0 Å². The molecule has 1 aromatic carbocycles.